The van der Waals surface area contributed by atoms with Gasteiger partial charge in [0.1, 0.15) is 11.3 Å². The molecule has 4 aromatic rings. The molecule has 9 nitrogen and oxygen atoms in total. The van der Waals surface area contributed by atoms with E-state index < -0.39 is 34.0 Å². The number of sulfonamides is 1. The molecule has 1 unspecified atom stereocenters. The van der Waals surface area contributed by atoms with Crippen LogP contribution in [-0.2, 0) is 14.8 Å². The van der Waals surface area contributed by atoms with Crippen LogP contribution in [0.5, 0.6) is 0 Å². The van der Waals surface area contributed by atoms with E-state index in [1.165, 1.54) is 4.31 Å². The minimum absolute atomic E-state index is 0.0156. The molecule has 3 aromatic carbocycles. The molecule has 0 N–H and O–H groups in total. The highest BCUT2D eigenvalue weighted by atomic mass is 32.2. The Bertz CT molecular complexity index is 1720. The van der Waals surface area contributed by atoms with Crippen LogP contribution in [0.4, 0.5) is 0 Å². The van der Waals surface area contributed by atoms with E-state index in [0.29, 0.717) is 22.5 Å². The van der Waals surface area contributed by atoms with Gasteiger partial charge >= 0.3 is 5.97 Å². The van der Waals surface area contributed by atoms with Gasteiger partial charge < -0.3 is 9.64 Å². The molecule has 1 aliphatic heterocycles. The van der Waals surface area contributed by atoms with E-state index in [1.807, 2.05) is 54.6 Å². The van der Waals surface area contributed by atoms with Gasteiger partial charge in [-0.05, 0) is 39.1 Å². The summed E-state index contributed by atoms with van der Waals surface area (Å²) < 4.78 is 34.5. The Morgan fingerprint density at radius 1 is 0.927 bits per heavy atom. The minimum atomic E-state index is -3.84. The zero-order valence-corrected chi connectivity index (χ0v) is 24.3. The van der Waals surface area contributed by atoms with Crippen molar-refractivity contribution in [1.29, 1.82) is 0 Å². The first-order chi connectivity index (χ1) is 19.6. The van der Waals surface area contributed by atoms with Crippen molar-refractivity contribution in [3.05, 3.63) is 89.7 Å². The third kappa shape index (κ3) is 5.57. The normalized spacial score (nSPS) is 16.2. The van der Waals surface area contributed by atoms with Gasteiger partial charge in [-0.1, -0.05) is 66.7 Å². The number of hydrogen-bond acceptors (Lipinski definition) is 7. The van der Waals surface area contributed by atoms with Crippen LogP contribution in [0.1, 0.15) is 47.3 Å². The second-order valence-corrected chi connectivity index (χ2v) is 12.2. The molecule has 5 rings (SSSR count). The third-order valence-corrected chi connectivity index (χ3v) is 9.13. The average Bonchev–Trinajstić information content (AvgIpc) is 2.95. The Hall–Kier alpha value is -4.15. The molecular formula is C31H32N4O5S. The lowest BCUT2D eigenvalue weighted by molar-refractivity contribution is 0.0368. The van der Waals surface area contributed by atoms with Crippen LogP contribution in [0.2, 0.25) is 0 Å². The zero-order valence-electron chi connectivity index (χ0n) is 23.4. The van der Waals surface area contributed by atoms with Crippen LogP contribution < -0.4 is 0 Å². The maximum atomic E-state index is 14.0. The molecule has 1 saturated heterocycles. The lowest BCUT2D eigenvalue weighted by Gasteiger charge is -2.39. The van der Waals surface area contributed by atoms with Crippen LogP contribution in [0.3, 0.4) is 0 Å². The predicted molar refractivity (Wildman–Crippen MR) is 156 cm³/mol. The van der Waals surface area contributed by atoms with Crippen LogP contribution >= 0.6 is 0 Å². The summed E-state index contributed by atoms with van der Waals surface area (Å²) in [5, 5.41) is 1.49. The van der Waals surface area contributed by atoms with Crippen LogP contribution in [0.25, 0.3) is 22.2 Å². The molecule has 10 heteroatoms. The quantitative estimate of drug-likeness (QED) is 0.308. The molecular weight excluding hydrogens is 540 g/mol. The number of rotatable bonds is 6. The number of piperazine rings is 1. The number of nitrogens with zero attached hydrogens (tertiary/aromatic N) is 4. The second-order valence-electron chi connectivity index (χ2n) is 10.4. The fraction of sp³-hybridized carbons (Fsp3) is 0.290. The van der Waals surface area contributed by atoms with Crippen LogP contribution in [-0.4, -0.2) is 71.2 Å². The van der Waals surface area contributed by atoms with Gasteiger partial charge in [-0.25, -0.2) is 23.2 Å². The maximum Gasteiger partial charge on any atom is 0.342 e. The Labute approximate surface area is 239 Å². The van der Waals surface area contributed by atoms with Crippen molar-refractivity contribution in [3.8, 4) is 11.4 Å². The van der Waals surface area contributed by atoms with E-state index >= 15 is 0 Å². The van der Waals surface area contributed by atoms with Crippen molar-refractivity contribution < 1.29 is 22.7 Å². The number of aryl methyl sites for hydroxylation is 1. The standard InChI is InChI=1S/C31H32N4O5S/c1-20(2)40-31(37)27-22(4)32-29(24-12-6-5-7-13-24)33-28(27)30(36)34-17-18-35(21(3)19-34)41(38,39)26-16-10-14-23-11-8-9-15-25(23)26/h5-16,20-21H,17-19H2,1-4H3. The number of ether oxygens (including phenoxy) is 1. The van der Waals surface area contributed by atoms with Crippen LogP contribution in [0.15, 0.2) is 77.7 Å². The van der Waals surface area contributed by atoms with Crippen molar-refractivity contribution >= 4 is 32.7 Å². The molecule has 0 aliphatic carbocycles. The topological polar surface area (TPSA) is 110 Å². The minimum Gasteiger partial charge on any atom is -0.459 e. The first-order valence-corrected chi connectivity index (χ1v) is 15.0. The molecule has 1 fully saturated rings. The molecule has 0 saturated carbocycles. The molecule has 2 heterocycles. The molecule has 0 bridgehead atoms. The summed E-state index contributed by atoms with van der Waals surface area (Å²) in [5.74, 6) is -0.833. The van der Waals surface area contributed by atoms with E-state index in [2.05, 4.69) is 9.97 Å². The highest BCUT2D eigenvalue weighted by molar-refractivity contribution is 7.89. The zero-order chi connectivity index (χ0) is 29.3. The monoisotopic (exact) mass is 572 g/mol. The second kappa shape index (κ2) is 11.4. The first kappa shape index (κ1) is 28.4. The molecule has 0 spiro atoms. The van der Waals surface area contributed by atoms with Crippen molar-refractivity contribution in [1.82, 2.24) is 19.2 Å². The van der Waals surface area contributed by atoms with Gasteiger partial charge in [-0.2, -0.15) is 4.31 Å². The summed E-state index contributed by atoms with van der Waals surface area (Å²) in [4.78, 5) is 37.9. The number of carbonyl (C=O) groups is 2. The summed E-state index contributed by atoms with van der Waals surface area (Å²) in [7, 11) is -3.84. The highest BCUT2D eigenvalue weighted by Crippen LogP contribution is 2.29. The Morgan fingerprint density at radius 2 is 1.61 bits per heavy atom. The summed E-state index contributed by atoms with van der Waals surface area (Å²) in [5.41, 5.74) is 0.993. The van der Waals surface area contributed by atoms with Gasteiger partial charge in [0.2, 0.25) is 10.0 Å². The van der Waals surface area contributed by atoms with Crippen molar-refractivity contribution in [2.45, 2.75) is 44.7 Å². The molecule has 1 atom stereocenters. The maximum absolute atomic E-state index is 14.0. The SMILES string of the molecule is Cc1nc(-c2ccccc2)nc(C(=O)N2CCN(S(=O)(=O)c3cccc4ccccc34)C(C)C2)c1C(=O)OC(C)C. The van der Waals surface area contributed by atoms with Gasteiger partial charge in [-0.3, -0.25) is 4.79 Å². The molecule has 1 aliphatic rings. The van der Waals surface area contributed by atoms with Gasteiger partial charge in [0.25, 0.3) is 5.91 Å². The Kier molecular flexibility index (Phi) is 7.88. The number of amides is 1. The molecule has 41 heavy (non-hydrogen) atoms. The number of hydrogen-bond donors (Lipinski definition) is 0. The van der Waals surface area contributed by atoms with E-state index in [-0.39, 0.29) is 35.8 Å². The number of fused-ring (bicyclic) bond motifs is 1. The lowest BCUT2D eigenvalue weighted by Crippen LogP contribution is -2.55. The van der Waals surface area contributed by atoms with Crippen molar-refractivity contribution in [2.75, 3.05) is 19.6 Å². The van der Waals surface area contributed by atoms with Crippen molar-refractivity contribution in [2.24, 2.45) is 0 Å². The Balaban J connectivity index is 1.47. The lowest BCUT2D eigenvalue weighted by atomic mass is 10.1. The van der Waals surface area contributed by atoms with E-state index in [9.17, 15) is 18.0 Å². The summed E-state index contributed by atoms with van der Waals surface area (Å²) in [6.07, 6.45) is -0.401. The summed E-state index contributed by atoms with van der Waals surface area (Å²) in [6.45, 7) is 7.24. The van der Waals surface area contributed by atoms with Gasteiger partial charge in [0.15, 0.2) is 5.82 Å². The average molecular weight is 573 g/mol. The molecule has 1 amide bonds. The predicted octanol–water partition coefficient (Wildman–Crippen LogP) is 4.71. The van der Waals surface area contributed by atoms with Gasteiger partial charge in [0, 0.05) is 36.6 Å². The fourth-order valence-electron chi connectivity index (χ4n) is 5.14. The smallest absolute Gasteiger partial charge is 0.342 e. The molecule has 212 valence electrons. The van der Waals surface area contributed by atoms with Crippen LogP contribution in [0, 0.1) is 6.92 Å². The summed E-state index contributed by atoms with van der Waals surface area (Å²) in [6, 6.07) is 21.3. The van der Waals surface area contributed by atoms with Crippen molar-refractivity contribution in [3.63, 3.8) is 0 Å². The highest BCUT2D eigenvalue weighted by Gasteiger charge is 2.38. The number of aromatic nitrogens is 2. The number of carbonyl (C=O) groups excluding carboxylic acids is 2. The van der Waals surface area contributed by atoms with E-state index in [0.717, 1.165) is 5.39 Å². The third-order valence-electron chi connectivity index (χ3n) is 7.06. The van der Waals surface area contributed by atoms with E-state index in [1.54, 1.807) is 50.8 Å². The summed E-state index contributed by atoms with van der Waals surface area (Å²) >= 11 is 0. The Morgan fingerprint density at radius 3 is 2.32 bits per heavy atom. The fourth-order valence-corrected chi connectivity index (χ4v) is 6.97. The number of benzene rings is 3. The van der Waals surface area contributed by atoms with Gasteiger partial charge in [-0.15, -0.1) is 0 Å². The number of esters is 1. The first-order valence-electron chi connectivity index (χ1n) is 13.5. The molecule has 0 radical (unpaired) electrons. The van der Waals surface area contributed by atoms with Gasteiger partial charge in [0.05, 0.1) is 16.7 Å². The largest absolute Gasteiger partial charge is 0.459 e. The van der Waals surface area contributed by atoms with E-state index in [4.69, 9.17) is 4.74 Å². The molecule has 1 aromatic heterocycles.